The predicted octanol–water partition coefficient (Wildman–Crippen LogP) is 2.02. The fourth-order valence-corrected chi connectivity index (χ4v) is 3.38. The van der Waals surface area contributed by atoms with Gasteiger partial charge < -0.3 is 20.3 Å². The van der Waals surface area contributed by atoms with Gasteiger partial charge in [-0.25, -0.2) is 14.4 Å². The molecule has 2 aromatic rings. The number of ether oxygens (including phenoxy) is 1. The molecule has 1 saturated heterocycles. The maximum Gasteiger partial charge on any atom is 0.276 e. The van der Waals surface area contributed by atoms with Gasteiger partial charge in [-0.1, -0.05) is 0 Å². The molecule has 0 saturated carbocycles. The minimum atomic E-state index is -0.638. The van der Waals surface area contributed by atoms with E-state index in [0.29, 0.717) is 37.4 Å². The van der Waals surface area contributed by atoms with E-state index < -0.39 is 17.6 Å². The lowest BCUT2D eigenvalue weighted by atomic mass is 10.1. The van der Waals surface area contributed by atoms with Crippen LogP contribution in [0.4, 0.5) is 10.1 Å². The van der Waals surface area contributed by atoms with Crippen molar-refractivity contribution >= 4 is 23.4 Å². The average Bonchev–Trinajstić information content (AvgIpc) is 2.81. The van der Waals surface area contributed by atoms with Gasteiger partial charge in [0, 0.05) is 36.0 Å². The van der Waals surface area contributed by atoms with Gasteiger partial charge in [-0.3, -0.25) is 14.4 Å². The third kappa shape index (κ3) is 4.86. The van der Waals surface area contributed by atoms with E-state index in [1.807, 2.05) is 0 Å². The number of aromatic nitrogens is 2. The van der Waals surface area contributed by atoms with Crippen molar-refractivity contribution in [1.82, 2.24) is 20.2 Å². The zero-order valence-electron chi connectivity index (χ0n) is 17.0. The molecule has 164 valence electrons. The van der Waals surface area contributed by atoms with Gasteiger partial charge in [-0.15, -0.1) is 0 Å². The molecule has 1 fully saturated rings. The summed E-state index contributed by atoms with van der Waals surface area (Å²) >= 11 is 0. The topological polar surface area (TPSA) is 114 Å². The minimum Gasteiger partial charge on any atom is -0.370 e. The number of allylic oxidation sites excluding steroid dienone is 4. The maximum absolute atomic E-state index is 13.1. The highest BCUT2D eigenvalue weighted by atomic mass is 19.1. The molecule has 1 aromatic heterocycles. The molecular weight excluding hydrogens is 417 g/mol. The molecule has 4 rings (SSSR count). The average molecular weight is 437 g/mol. The number of hydrogen-bond donors (Lipinski definition) is 2. The minimum absolute atomic E-state index is 0.0695. The Balaban J connectivity index is 1.45. The second kappa shape index (κ2) is 9.48. The Hall–Kier alpha value is -3.92. The molecule has 0 spiro atoms. The summed E-state index contributed by atoms with van der Waals surface area (Å²) in [4.78, 5) is 47.1. The number of nitrogens with one attached hydrogen (secondary N) is 2. The summed E-state index contributed by atoms with van der Waals surface area (Å²) in [7, 11) is 0. The lowest BCUT2D eigenvalue weighted by Crippen LogP contribution is -2.41. The first-order chi connectivity index (χ1) is 15.5. The van der Waals surface area contributed by atoms with Crippen molar-refractivity contribution in [2.75, 3.05) is 25.1 Å². The molecule has 1 aliphatic carbocycles. The normalized spacial score (nSPS) is 16.2. The maximum atomic E-state index is 13.1. The van der Waals surface area contributed by atoms with E-state index in [2.05, 4.69) is 20.6 Å². The Labute approximate surface area is 183 Å². The zero-order valence-corrected chi connectivity index (χ0v) is 17.0. The number of rotatable bonds is 5. The lowest BCUT2D eigenvalue weighted by Gasteiger charge is -2.30. The van der Waals surface area contributed by atoms with Crippen LogP contribution >= 0.6 is 0 Å². The molecule has 9 nitrogen and oxygen atoms in total. The van der Waals surface area contributed by atoms with E-state index in [4.69, 9.17) is 4.74 Å². The van der Waals surface area contributed by atoms with Crippen LogP contribution in [-0.4, -0.2) is 52.3 Å². The second-order valence-electron chi connectivity index (χ2n) is 7.12. The smallest absolute Gasteiger partial charge is 0.276 e. The molecule has 2 heterocycles. The van der Waals surface area contributed by atoms with Gasteiger partial charge in [0.1, 0.15) is 12.4 Å². The van der Waals surface area contributed by atoms with Gasteiger partial charge in [-0.05, 0) is 49.3 Å². The predicted molar refractivity (Wildman–Crippen MR) is 112 cm³/mol. The van der Waals surface area contributed by atoms with Crippen molar-refractivity contribution in [2.24, 2.45) is 0 Å². The van der Waals surface area contributed by atoms with Crippen LogP contribution in [0.1, 0.15) is 33.8 Å². The highest BCUT2D eigenvalue weighted by Crippen LogP contribution is 2.22. The molecule has 1 aromatic carbocycles. The highest BCUT2D eigenvalue weighted by molar-refractivity contribution is 6.10. The molecule has 10 heteroatoms. The molecule has 0 unspecified atom stereocenters. The Bertz CT molecular complexity index is 1110. The molecule has 0 bridgehead atoms. The summed E-state index contributed by atoms with van der Waals surface area (Å²) in [6.45, 7) is 1.07. The number of amides is 3. The van der Waals surface area contributed by atoms with Gasteiger partial charge >= 0.3 is 0 Å². The summed E-state index contributed by atoms with van der Waals surface area (Å²) in [5, 5.41) is 5.32. The third-order valence-electron chi connectivity index (χ3n) is 4.96. The van der Waals surface area contributed by atoms with E-state index in [9.17, 15) is 18.8 Å². The summed E-state index contributed by atoms with van der Waals surface area (Å²) in [5.74, 6) is -1.73. The summed E-state index contributed by atoms with van der Waals surface area (Å²) in [6, 6.07) is 5.22. The molecule has 32 heavy (non-hydrogen) atoms. The quantitative estimate of drug-likeness (QED) is 0.740. The first kappa shape index (κ1) is 21.3. The first-order valence-corrected chi connectivity index (χ1v) is 9.98. The van der Waals surface area contributed by atoms with Crippen LogP contribution in [-0.2, 0) is 9.53 Å². The number of benzene rings is 1. The van der Waals surface area contributed by atoms with Gasteiger partial charge in [0.25, 0.3) is 17.7 Å². The number of hydrogen-bond acceptors (Lipinski definition) is 6. The van der Waals surface area contributed by atoms with Crippen LogP contribution in [0.5, 0.6) is 0 Å². The van der Waals surface area contributed by atoms with Gasteiger partial charge in [0.15, 0.2) is 11.4 Å². The SMILES string of the molecule is O=C(NC1=CC=C(N2CCOCC2=O)CC1)c1nccnc1C(=O)Nc1ccc(F)cc1. The van der Waals surface area contributed by atoms with E-state index >= 15 is 0 Å². The van der Waals surface area contributed by atoms with Crippen LogP contribution in [0, 0.1) is 5.82 Å². The van der Waals surface area contributed by atoms with E-state index in [-0.39, 0.29) is 23.9 Å². The molecule has 2 aliphatic rings. The number of carbonyl (C=O) groups excluding carboxylic acids is 3. The molecule has 3 amide bonds. The van der Waals surface area contributed by atoms with Crippen LogP contribution in [0.15, 0.2) is 60.2 Å². The van der Waals surface area contributed by atoms with Gasteiger partial charge in [0.2, 0.25) is 0 Å². The van der Waals surface area contributed by atoms with Gasteiger partial charge in [0.05, 0.1) is 6.61 Å². The first-order valence-electron chi connectivity index (χ1n) is 9.98. The summed E-state index contributed by atoms with van der Waals surface area (Å²) in [5.41, 5.74) is 1.58. The molecule has 2 N–H and O–H groups in total. The fourth-order valence-electron chi connectivity index (χ4n) is 3.38. The largest absolute Gasteiger partial charge is 0.370 e. The number of halogens is 1. The molecule has 0 atom stereocenters. The Kier molecular flexibility index (Phi) is 6.31. The Morgan fingerprint density at radius 2 is 1.66 bits per heavy atom. The number of carbonyl (C=O) groups is 3. The monoisotopic (exact) mass is 437 g/mol. The van der Waals surface area contributed by atoms with Crippen molar-refractivity contribution in [2.45, 2.75) is 12.8 Å². The summed E-state index contributed by atoms with van der Waals surface area (Å²) in [6.07, 6.45) is 7.25. The second-order valence-corrected chi connectivity index (χ2v) is 7.12. The number of morpholine rings is 1. The molecule has 1 aliphatic heterocycles. The van der Waals surface area contributed by atoms with E-state index in [0.717, 1.165) is 5.70 Å². The fraction of sp³-hybridized carbons (Fsp3) is 0.227. The molecule has 0 radical (unpaired) electrons. The van der Waals surface area contributed by atoms with Crippen molar-refractivity contribution in [1.29, 1.82) is 0 Å². The Morgan fingerprint density at radius 3 is 2.28 bits per heavy atom. The van der Waals surface area contributed by atoms with E-state index in [1.165, 1.54) is 36.7 Å². The van der Waals surface area contributed by atoms with Crippen molar-refractivity contribution < 1.29 is 23.5 Å². The highest BCUT2D eigenvalue weighted by Gasteiger charge is 2.25. The Morgan fingerprint density at radius 1 is 0.969 bits per heavy atom. The molecular formula is C22H20FN5O4. The van der Waals surface area contributed by atoms with E-state index in [1.54, 1.807) is 17.1 Å². The third-order valence-corrected chi connectivity index (χ3v) is 4.96. The van der Waals surface area contributed by atoms with Crippen LogP contribution < -0.4 is 10.6 Å². The van der Waals surface area contributed by atoms with Crippen LogP contribution in [0.25, 0.3) is 0 Å². The number of anilines is 1. The van der Waals surface area contributed by atoms with Crippen molar-refractivity contribution in [3.63, 3.8) is 0 Å². The van der Waals surface area contributed by atoms with Crippen molar-refractivity contribution in [3.05, 3.63) is 77.4 Å². The van der Waals surface area contributed by atoms with Crippen LogP contribution in [0.2, 0.25) is 0 Å². The van der Waals surface area contributed by atoms with Crippen molar-refractivity contribution in [3.8, 4) is 0 Å². The van der Waals surface area contributed by atoms with Crippen LogP contribution in [0.3, 0.4) is 0 Å². The summed E-state index contributed by atoms with van der Waals surface area (Å²) < 4.78 is 18.2. The lowest BCUT2D eigenvalue weighted by molar-refractivity contribution is -0.140. The standard InChI is InChI=1S/C22H20FN5O4/c23-14-1-3-15(4-2-14)26-21(30)19-20(25-10-9-24-19)22(31)27-16-5-7-17(8-6-16)28-11-12-32-13-18(28)29/h1-5,7,9-10H,6,8,11-13H2,(H,26,30)(H,27,31). The van der Waals surface area contributed by atoms with Gasteiger partial charge in [-0.2, -0.15) is 0 Å². The number of nitrogens with zero attached hydrogens (tertiary/aromatic N) is 3. The zero-order chi connectivity index (χ0) is 22.5.